The minimum absolute atomic E-state index is 0.0614. The van der Waals surface area contributed by atoms with Crippen molar-refractivity contribution >= 4 is 69.5 Å². The summed E-state index contributed by atoms with van der Waals surface area (Å²) in [5.74, 6) is -0.153. The van der Waals surface area contributed by atoms with Crippen LogP contribution in [0.5, 0.6) is 0 Å². The number of nitrogens with one attached hydrogen (secondary N) is 2. The average Bonchev–Trinajstić information content (AvgIpc) is 3.15. The number of benzene rings is 3. The van der Waals surface area contributed by atoms with Crippen LogP contribution in [0.15, 0.2) is 65.6 Å². The van der Waals surface area contributed by atoms with Crippen LogP contribution in [-0.2, 0) is 4.79 Å². The number of amides is 1. The maximum atomic E-state index is 11.7. The van der Waals surface area contributed by atoms with E-state index in [1.807, 2.05) is 30.3 Å². The van der Waals surface area contributed by atoms with Gasteiger partial charge in [-0.15, -0.1) is 23.4 Å². The lowest BCUT2D eigenvalue weighted by Gasteiger charge is -2.39. The molecule has 1 heterocycles. The zero-order chi connectivity index (χ0) is 25.6. The number of nitro benzene ring substituents is 1. The molecule has 5 rings (SSSR count). The van der Waals surface area contributed by atoms with Crippen molar-refractivity contribution < 1.29 is 9.72 Å². The van der Waals surface area contributed by atoms with Crippen molar-refractivity contribution in [3.63, 3.8) is 0 Å². The van der Waals surface area contributed by atoms with Crippen molar-refractivity contribution in [1.29, 1.82) is 0 Å². The number of fused-ring (bicyclic) bond motifs is 3. The summed E-state index contributed by atoms with van der Waals surface area (Å²) in [7, 11) is 0. The molecule has 1 aliphatic carbocycles. The molecule has 2 aliphatic rings. The van der Waals surface area contributed by atoms with Crippen molar-refractivity contribution in [2.75, 3.05) is 10.6 Å². The van der Waals surface area contributed by atoms with E-state index in [0.717, 1.165) is 23.2 Å². The molecule has 0 unspecified atom stereocenters. The Hall–Kier alpha value is -2.45. The Morgan fingerprint density at radius 3 is 2.61 bits per heavy atom. The zero-order valence-electron chi connectivity index (χ0n) is 19.1. The van der Waals surface area contributed by atoms with Crippen LogP contribution in [0, 0.1) is 16.0 Å². The number of hydrogen-bond donors (Lipinski definition) is 2. The van der Waals surface area contributed by atoms with Gasteiger partial charge in [0.2, 0.25) is 5.91 Å². The minimum atomic E-state index is -0.361. The van der Waals surface area contributed by atoms with E-state index in [4.69, 9.17) is 34.8 Å². The third-order valence-corrected chi connectivity index (χ3v) is 9.45. The van der Waals surface area contributed by atoms with E-state index >= 15 is 0 Å². The SMILES string of the molecule is CC(=O)Nc1ccc2c(c1)[C@H]1[C@@H](Cl)[C@@H](Sc3ccccc3[N+](=O)[O-])C[C@@H]1[C@H](c1ccc(Cl)cc1Cl)N2. The molecule has 1 amide bonds. The molecule has 5 atom stereocenters. The van der Waals surface area contributed by atoms with Crippen LogP contribution in [0.1, 0.15) is 36.4 Å². The summed E-state index contributed by atoms with van der Waals surface area (Å²) in [5, 5.41) is 18.9. The third-order valence-electron chi connectivity index (χ3n) is 6.77. The number of thioether (sulfide) groups is 1. The van der Waals surface area contributed by atoms with E-state index < -0.39 is 0 Å². The highest BCUT2D eigenvalue weighted by atomic mass is 35.5. The number of carbonyl (C=O) groups is 1. The van der Waals surface area contributed by atoms with Crippen molar-refractivity contribution in [2.24, 2.45) is 5.92 Å². The predicted octanol–water partition coefficient (Wildman–Crippen LogP) is 7.90. The second-order valence-corrected chi connectivity index (χ2v) is 11.7. The molecule has 1 fully saturated rings. The minimum Gasteiger partial charge on any atom is -0.378 e. The predicted molar refractivity (Wildman–Crippen MR) is 147 cm³/mol. The number of para-hydroxylation sites is 1. The molecule has 186 valence electrons. The van der Waals surface area contributed by atoms with Gasteiger partial charge in [0.25, 0.3) is 5.69 Å². The number of rotatable bonds is 5. The fraction of sp³-hybridized carbons (Fsp3) is 0.269. The van der Waals surface area contributed by atoms with Crippen molar-refractivity contribution in [3.8, 4) is 0 Å². The molecule has 1 saturated carbocycles. The van der Waals surface area contributed by atoms with E-state index in [2.05, 4.69) is 10.6 Å². The highest BCUT2D eigenvalue weighted by Crippen LogP contribution is 2.59. The quantitative estimate of drug-likeness (QED) is 0.188. The van der Waals surface area contributed by atoms with Crippen molar-refractivity contribution in [2.45, 2.75) is 40.8 Å². The number of nitro groups is 1. The summed E-state index contributed by atoms with van der Waals surface area (Å²) >= 11 is 21.4. The largest absolute Gasteiger partial charge is 0.378 e. The van der Waals surface area contributed by atoms with Gasteiger partial charge in [-0.1, -0.05) is 41.4 Å². The Kier molecular flexibility index (Phi) is 7.10. The van der Waals surface area contributed by atoms with Gasteiger partial charge in [-0.2, -0.15) is 0 Å². The van der Waals surface area contributed by atoms with Gasteiger partial charge in [0.1, 0.15) is 0 Å². The average molecular weight is 563 g/mol. The summed E-state index contributed by atoms with van der Waals surface area (Å²) in [6.07, 6.45) is 0.718. The molecule has 0 radical (unpaired) electrons. The topological polar surface area (TPSA) is 84.3 Å². The Labute approximate surface area is 227 Å². The lowest BCUT2D eigenvalue weighted by Crippen LogP contribution is -2.31. The normalized spacial score (nSPS) is 24.4. The number of alkyl halides is 1. The van der Waals surface area contributed by atoms with Crippen LogP contribution in [-0.4, -0.2) is 21.5 Å². The molecule has 3 aromatic rings. The summed E-state index contributed by atoms with van der Waals surface area (Å²) in [6.45, 7) is 1.47. The number of nitrogens with zero attached hydrogens (tertiary/aromatic N) is 1. The molecule has 0 bridgehead atoms. The Morgan fingerprint density at radius 2 is 1.89 bits per heavy atom. The van der Waals surface area contributed by atoms with Crippen molar-refractivity contribution in [3.05, 3.63) is 92.0 Å². The van der Waals surface area contributed by atoms with Gasteiger partial charge < -0.3 is 10.6 Å². The zero-order valence-corrected chi connectivity index (χ0v) is 22.2. The van der Waals surface area contributed by atoms with Gasteiger partial charge in [0.15, 0.2) is 0 Å². The Bertz CT molecular complexity index is 1360. The van der Waals surface area contributed by atoms with Crippen LogP contribution in [0.4, 0.5) is 17.1 Å². The van der Waals surface area contributed by atoms with Gasteiger partial charge >= 0.3 is 0 Å². The second-order valence-electron chi connectivity index (χ2n) is 9.02. The molecular formula is C26H22Cl3N3O3S. The first-order valence-electron chi connectivity index (χ1n) is 11.4. The fourth-order valence-corrected chi connectivity index (χ4v) is 7.80. The van der Waals surface area contributed by atoms with Crippen LogP contribution in [0.3, 0.4) is 0 Å². The maximum absolute atomic E-state index is 11.7. The van der Waals surface area contributed by atoms with Gasteiger partial charge in [-0.25, -0.2) is 0 Å². The van der Waals surface area contributed by atoms with Gasteiger partial charge in [-0.05, 0) is 59.9 Å². The molecule has 3 aromatic carbocycles. The smallest absolute Gasteiger partial charge is 0.282 e. The molecule has 36 heavy (non-hydrogen) atoms. The lowest BCUT2D eigenvalue weighted by atomic mass is 9.77. The maximum Gasteiger partial charge on any atom is 0.282 e. The summed E-state index contributed by atoms with van der Waals surface area (Å²) in [5.41, 5.74) is 3.63. The Balaban J connectivity index is 1.56. The molecule has 6 nitrogen and oxygen atoms in total. The van der Waals surface area contributed by atoms with Crippen LogP contribution in [0.25, 0.3) is 0 Å². The Morgan fingerprint density at radius 1 is 1.11 bits per heavy atom. The monoisotopic (exact) mass is 561 g/mol. The molecule has 2 N–H and O–H groups in total. The van der Waals surface area contributed by atoms with E-state index in [1.54, 1.807) is 24.3 Å². The van der Waals surface area contributed by atoms with Gasteiger partial charge in [0, 0.05) is 45.6 Å². The third kappa shape index (κ3) is 4.77. The van der Waals surface area contributed by atoms with Crippen LogP contribution >= 0.6 is 46.6 Å². The van der Waals surface area contributed by atoms with Gasteiger partial charge in [-0.3, -0.25) is 14.9 Å². The number of anilines is 2. The summed E-state index contributed by atoms with van der Waals surface area (Å²) in [6, 6.07) is 17.9. The molecular weight excluding hydrogens is 541 g/mol. The number of halogens is 3. The standard InChI is InChI=1S/C26H22Cl3N3O3S/c1-13(33)30-15-7-9-20-17(11-15)24-18(26(31-20)16-8-6-14(27)10-19(16)28)12-23(25(24)29)36-22-5-3-2-4-21(22)32(34)35/h2-11,18,23-26,31H,12H2,1H3,(H,30,33)/t18-,23-,24+,25-,26-/m0/s1. The first-order chi connectivity index (χ1) is 17.2. The van der Waals surface area contributed by atoms with E-state index in [-0.39, 0.29) is 45.0 Å². The van der Waals surface area contributed by atoms with E-state index in [9.17, 15) is 14.9 Å². The first kappa shape index (κ1) is 25.2. The van der Waals surface area contributed by atoms with Crippen LogP contribution < -0.4 is 10.6 Å². The van der Waals surface area contributed by atoms with E-state index in [1.165, 1.54) is 24.8 Å². The van der Waals surface area contributed by atoms with Crippen LogP contribution in [0.2, 0.25) is 10.0 Å². The lowest BCUT2D eigenvalue weighted by molar-refractivity contribution is -0.387. The molecule has 0 spiro atoms. The first-order valence-corrected chi connectivity index (χ1v) is 13.5. The highest BCUT2D eigenvalue weighted by molar-refractivity contribution is 8.00. The summed E-state index contributed by atoms with van der Waals surface area (Å²) < 4.78 is 0. The summed E-state index contributed by atoms with van der Waals surface area (Å²) in [4.78, 5) is 23.5. The molecule has 1 aliphatic heterocycles. The molecule has 0 aromatic heterocycles. The highest BCUT2D eigenvalue weighted by Gasteiger charge is 2.50. The number of hydrogen-bond acceptors (Lipinski definition) is 5. The number of carbonyl (C=O) groups excluding carboxylic acids is 1. The molecule has 10 heteroatoms. The fourth-order valence-electron chi connectivity index (χ4n) is 5.33. The molecule has 0 saturated heterocycles. The van der Waals surface area contributed by atoms with E-state index in [0.29, 0.717) is 20.6 Å². The van der Waals surface area contributed by atoms with Crippen molar-refractivity contribution in [1.82, 2.24) is 0 Å². The van der Waals surface area contributed by atoms with Gasteiger partial charge in [0.05, 0.1) is 21.2 Å². The second kappa shape index (κ2) is 10.1.